The number of carbonyl (C=O) groups excluding carboxylic acids is 2. The lowest BCUT2D eigenvalue weighted by Crippen LogP contribution is -2.46. The number of aromatic hydroxyl groups is 1. The molecular formula is C14H20N2O3. The predicted octanol–water partition coefficient (Wildman–Crippen LogP) is 0.802. The highest BCUT2D eigenvalue weighted by Gasteiger charge is 2.20. The lowest BCUT2D eigenvalue weighted by Gasteiger charge is -2.19. The molecule has 5 heteroatoms. The summed E-state index contributed by atoms with van der Waals surface area (Å²) in [6, 6.07) is 2.69. The molecule has 1 atom stereocenters. The third kappa shape index (κ3) is 3.98. The Hall–Kier alpha value is -2.04. The van der Waals surface area contributed by atoms with Crippen LogP contribution < -0.4 is 10.6 Å². The molecule has 0 spiro atoms. The zero-order valence-electron chi connectivity index (χ0n) is 11.7. The van der Waals surface area contributed by atoms with Crippen molar-refractivity contribution in [1.29, 1.82) is 0 Å². The first-order valence-corrected chi connectivity index (χ1v) is 6.13. The lowest BCUT2D eigenvalue weighted by atomic mass is 9.95. The van der Waals surface area contributed by atoms with Crippen LogP contribution in [0.25, 0.3) is 0 Å². The molecule has 0 saturated heterocycles. The van der Waals surface area contributed by atoms with Gasteiger partial charge in [0.05, 0.1) is 0 Å². The van der Waals surface area contributed by atoms with Gasteiger partial charge in [0.25, 0.3) is 0 Å². The van der Waals surface area contributed by atoms with E-state index < -0.39 is 6.04 Å². The van der Waals surface area contributed by atoms with Crippen molar-refractivity contribution in [3.8, 4) is 5.75 Å². The minimum absolute atomic E-state index is 0.203. The van der Waals surface area contributed by atoms with E-state index in [4.69, 9.17) is 0 Å². The Labute approximate surface area is 113 Å². The first kappa shape index (κ1) is 15.0. The largest absolute Gasteiger partial charge is 0.508 e. The third-order valence-corrected chi connectivity index (χ3v) is 3.03. The number of benzene rings is 1. The number of hydrogen-bond donors (Lipinski definition) is 3. The standard InChI is InChI=1S/C14H20N2O3/c1-8-5-11(18)6-9(2)12(8)7-13(14(19)15-4)16-10(3)17/h5-6,13,18H,7H2,1-4H3,(H,15,19)(H,16,17). The molecule has 19 heavy (non-hydrogen) atoms. The van der Waals surface area contributed by atoms with Gasteiger partial charge in [-0.2, -0.15) is 0 Å². The number of aryl methyl sites for hydroxylation is 2. The second-order valence-electron chi connectivity index (χ2n) is 4.63. The van der Waals surface area contributed by atoms with E-state index in [1.807, 2.05) is 13.8 Å². The number of hydrogen-bond acceptors (Lipinski definition) is 3. The highest BCUT2D eigenvalue weighted by atomic mass is 16.3. The van der Waals surface area contributed by atoms with Crippen LogP contribution in [-0.2, 0) is 16.0 Å². The number of phenolic OH excluding ortho intramolecular Hbond substituents is 1. The fourth-order valence-electron chi connectivity index (χ4n) is 2.13. The number of nitrogens with one attached hydrogen (secondary N) is 2. The van der Waals surface area contributed by atoms with Gasteiger partial charge in [0, 0.05) is 20.4 Å². The highest BCUT2D eigenvalue weighted by molar-refractivity contribution is 5.87. The van der Waals surface area contributed by atoms with Crippen LogP contribution in [0.15, 0.2) is 12.1 Å². The van der Waals surface area contributed by atoms with E-state index in [0.717, 1.165) is 16.7 Å². The molecule has 0 saturated carbocycles. The van der Waals surface area contributed by atoms with Crippen molar-refractivity contribution < 1.29 is 14.7 Å². The number of phenols is 1. The summed E-state index contributed by atoms with van der Waals surface area (Å²) in [5, 5.41) is 14.7. The predicted molar refractivity (Wildman–Crippen MR) is 73.0 cm³/mol. The molecule has 1 aromatic carbocycles. The van der Waals surface area contributed by atoms with E-state index in [9.17, 15) is 14.7 Å². The van der Waals surface area contributed by atoms with Crippen molar-refractivity contribution in [3.05, 3.63) is 28.8 Å². The molecule has 0 fully saturated rings. The maximum Gasteiger partial charge on any atom is 0.242 e. The molecule has 1 rings (SSSR count). The first-order valence-electron chi connectivity index (χ1n) is 6.13. The van der Waals surface area contributed by atoms with Crippen LogP contribution in [0.5, 0.6) is 5.75 Å². The zero-order chi connectivity index (χ0) is 14.6. The van der Waals surface area contributed by atoms with E-state index in [2.05, 4.69) is 10.6 Å². The van der Waals surface area contributed by atoms with Crippen LogP contribution in [0, 0.1) is 13.8 Å². The van der Waals surface area contributed by atoms with Crippen molar-refractivity contribution in [3.63, 3.8) is 0 Å². The third-order valence-electron chi connectivity index (χ3n) is 3.03. The molecule has 2 amide bonds. The van der Waals surface area contributed by atoms with Gasteiger partial charge < -0.3 is 15.7 Å². The molecule has 0 aliphatic carbocycles. The summed E-state index contributed by atoms with van der Waals surface area (Å²) in [5.74, 6) is -0.278. The summed E-state index contributed by atoms with van der Waals surface area (Å²) < 4.78 is 0. The van der Waals surface area contributed by atoms with Crippen LogP contribution in [0.1, 0.15) is 23.6 Å². The van der Waals surface area contributed by atoms with Crippen LogP contribution >= 0.6 is 0 Å². The number of likely N-dealkylation sites (N-methyl/N-ethyl adjacent to an activating group) is 1. The van der Waals surface area contributed by atoms with Crippen LogP contribution in [0.3, 0.4) is 0 Å². The zero-order valence-corrected chi connectivity index (χ0v) is 11.7. The molecule has 1 aromatic rings. The molecule has 3 N–H and O–H groups in total. The number of amides is 2. The van der Waals surface area contributed by atoms with Crippen molar-refractivity contribution >= 4 is 11.8 Å². The molecule has 5 nitrogen and oxygen atoms in total. The quantitative estimate of drug-likeness (QED) is 0.752. The molecule has 0 aliphatic rings. The monoisotopic (exact) mass is 264 g/mol. The van der Waals surface area contributed by atoms with Gasteiger partial charge in [-0.3, -0.25) is 9.59 Å². The smallest absolute Gasteiger partial charge is 0.242 e. The van der Waals surface area contributed by atoms with Gasteiger partial charge in [-0.15, -0.1) is 0 Å². The van der Waals surface area contributed by atoms with E-state index in [0.29, 0.717) is 6.42 Å². The number of rotatable bonds is 4. The van der Waals surface area contributed by atoms with Crippen molar-refractivity contribution in [2.75, 3.05) is 7.05 Å². The average Bonchev–Trinajstić information content (AvgIpc) is 2.30. The minimum atomic E-state index is -0.607. The van der Waals surface area contributed by atoms with Gasteiger partial charge >= 0.3 is 0 Å². The summed E-state index contributed by atoms with van der Waals surface area (Å²) in [5.41, 5.74) is 2.76. The second kappa shape index (κ2) is 6.22. The van der Waals surface area contributed by atoms with Gasteiger partial charge in [0.1, 0.15) is 11.8 Å². The van der Waals surface area contributed by atoms with Crippen molar-refractivity contribution in [2.45, 2.75) is 33.2 Å². The summed E-state index contributed by atoms with van der Waals surface area (Å²) in [6.07, 6.45) is 0.400. The van der Waals surface area contributed by atoms with Crippen molar-refractivity contribution in [2.24, 2.45) is 0 Å². The van der Waals surface area contributed by atoms with Gasteiger partial charge in [-0.25, -0.2) is 0 Å². The maximum atomic E-state index is 11.8. The topological polar surface area (TPSA) is 78.4 Å². The average molecular weight is 264 g/mol. The summed E-state index contributed by atoms with van der Waals surface area (Å²) in [4.78, 5) is 22.9. The SMILES string of the molecule is CNC(=O)C(Cc1c(C)cc(O)cc1C)NC(C)=O. The molecule has 104 valence electrons. The Morgan fingerprint density at radius 3 is 2.21 bits per heavy atom. The Kier molecular flexibility index (Phi) is 4.92. The summed E-state index contributed by atoms with van der Waals surface area (Å²) in [7, 11) is 1.54. The molecule has 0 aliphatic heterocycles. The Morgan fingerprint density at radius 2 is 1.79 bits per heavy atom. The van der Waals surface area contributed by atoms with Gasteiger partial charge in [-0.1, -0.05) is 0 Å². The van der Waals surface area contributed by atoms with Crippen molar-refractivity contribution in [1.82, 2.24) is 10.6 Å². The maximum absolute atomic E-state index is 11.8. The molecule has 0 radical (unpaired) electrons. The molecule has 0 bridgehead atoms. The highest BCUT2D eigenvalue weighted by Crippen LogP contribution is 2.22. The first-order chi connectivity index (χ1) is 8.85. The normalized spacial score (nSPS) is 11.8. The molecule has 1 unspecified atom stereocenters. The summed E-state index contributed by atoms with van der Waals surface area (Å²) in [6.45, 7) is 5.12. The minimum Gasteiger partial charge on any atom is -0.508 e. The van der Waals surface area contributed by atoms with E-state index in [-0.39, 0.29) is 17.6 Å². The van der Waals surface area contributed by atoms with E-state index in [1.54, 1.807) is 12.1 Å². The fourth-order valence-corrected chi connectivity index (χ4v) is 2.13. The van der Waals surface area contributed by atoms with Gasteiger partial charge in [0.15, 0.2) is 0 Å². The van der Waals surface area contributed by atoms with Gasteiger partial charge in [-0.05, 0) is 42.7 Å². The number of carbonyl (C=O) groups is 2. The Morgan fingerprint density at radius 1 is 1.26 bits per heavy atom. The Bertz CT molecular complexity index is 474. The summed E-state index contributed by atoms with van der Waals surface area (Å²) >= 11 is 0. The molecular weight excluding hydrogens is 244 g/mol. The van der Waals surface area contributed by atoms with Crippen LogP contribution in [0.4, 0.5) is 0 Å². The molecule has 0 aromatic heterocycles. The molecule has 0 heterocycles. The Balaban J connectivity index is 3.02. The van der Waals surface area contributed by atoms with E-state index in [1.165, 1.54) is 14.0 Å². The van der Waals surface area contributed by atoms with E-state index >= 15 is 0 Å². The second-order valence-corrected chi connectivity index (χ2v) is 4.63. The fraction of sp³-hybridized carbons (Fsp3) is 0.429. The van der Waals surface area contributed by atoms with Crippen LogP contribution in [0.2, 0.25) is 0 Å². The lowest BCUT2D eigenvalue weighted by molar-refractivity contribution is -0.127. The van der Waals surface area contributed by atoms with Gasteiger partial charge in [0.2, 0.25) is 11.8 Å². The van der Waals surface area contributed by atoms with Crippen LogP contribution in [-0.4, -0.2) is 30.0 Å².